The quantitative estimate of drug-likeness (QED) is 0.839. The summed E-state index contributed by atoms with van der Waals surface area (Å²) in [4.78, 5) is -0.260. The molecule has 0 aliphatic heterocycles. The van der Waals surface area contributed by atoms with Gasteiger partial charge in [-0.25, -0.2) is 4.39 Å². The van der Waals surface area contributed by atoms with Gasteiger partial charge in [-0.2, -0.15) is 8.42 Å². The van der Waals surface area contributed by atoms with E-state index < -0.39 is 15.8 Å². The number of hydrogen-bond acceptors (Lipinski definition) is 2. The maximum Gasteiger partial charge on any atom is 0.294 e. The maximum atomic E-state index is 14.7. The van der Waals surface area contributed by atoms with E-state index in [9.17, 15) is 12.8 Å². The summed E-state index contributed by atoms with van der Waals surface area (Å²) < 4.78 is 45.4. The molecule has 2 rings (SSSR count). The predicted molar refractivity (Wildman–Crippen MR) is 67.4 cm³/mol. The molecular formula is C13H13FO3S. The molecular weight excluding hydrogens is 255 g/mol. The summed E-state index contributed by atoms with van der Waals surface area (Å²) in [5, 5.41) is 0. The summed E-state index contributed by atoms with van der Waals surface area (Å²) in [6, 6.07) is 7.02. The molecule has 3 nitrogen and oxygen atoms in total. The van der Waals surface area contributed by atoms with Crippen molar-refractivity contribution in [2.75, 3.05) is 0 Å². The van der Waals surface area contributed by atoms with Crippen LogP contribution in [-0.2, 0) is 15.8 Å². The van der Waals surface area contributed by atoms with Crippen molar-refractivity contribution in [3.8, 4) is 0 Å². The lowest BCUT2D eigenvalue weighted by molar-refractivity contribution is 0.234. The summed E-state index contributed by atoms with van der Waals surface area (Å²) >= 11 is 0. The van der Waals surface area contributed by atoms with Crippen molar-refractivity contribution in [1.29, 1.82) is 0 Å². The Hall–Kier alpha value is -1.46. The fourth-order valence-corrected chi connectivity index (χ4v) is 2.56. The molecule has 0 amide bonds. The minimum Gasteiger partial charge on any atom is -0.282 e. The van der Waals surface area contributed by atoms with Gasteiger partial charge >= 0.3 is 0 Å². The molecule has 0 heterocycles. The van der Waals surface area contributed by atoms with Crippen molar-refractivity contribution in [2.45, 2.75) is 19.0 Å². The van der Waals surface area contributed by atoms with Crippen LogP contribution >= 0.6 is 0 Å². The molecule has 0 spiro atoms. The van der Waals surface area contributed by atoms with Gasteiger partial charge in [0, 0.05) is 6.42 Å². The molecule has 1 unspecified atom stereocenters. The fraction of sp³-hybridized carbons (Fsp3) is 0.231. The van der Waals surface area contributed by atoms with E-state index in [4.69, 9.17) is 4.55 Å². The van der Waals surface area contributed by atoms with Gasteiger partial charge in [0.25, 0.3) is 10.1 Å². The number of hydrogen-bond donors (Lipinski definition) is 1. The van der Waals surface area contributed by atoms with Gasteiger partial charge in [-0.3, -0.25) is 4.55 Å². The Morgan fingerprint density at radius 2 is 2.00 bits per heavy atom. The third-order valence-electron chi connectivity index (χ3n) is 3.00. The summed E-state index contributed by atoms with van der Waals surface area (Å²) in [6.07, 6.45) is 3.37. The Labute approximate surface area is 105 Å². The summed E-state index contributed by atoms with van der Waals surface area (Å²) in [6.45, 7) is 1.80. The topological polar surface area (TPSA) is 54.4 Å². The Bertz CT molecular complexity index is 631. The van der Waals surface area contributed by atoms with Crippen LogP contribution in [0.15, 0.2) is 47.4 Å². The Balaban J connectivity index is 2.38. The molecule has 1 aromatic carbocycles. The number of alkyl halides is 1. The SMILES string of the molecule is Cc1ccccc1C1(F)C=CC(S(=O)(=O)O)=CC1. The standard InChI is InChI=1S/C13H13FO3S/c1-10-4-2-3-5-12(10)13(14)8-6-11(7-9-13)18(15,16)17/h2-8H,9H2,1H3,(H,15,16,17). The number of allylic oxidation sites excluding steroid dienone is 3. The van der Waals surface area contributed by atoms with Gasteiger partial charge in [-0.1, -0.05) is 30.3 Å². The molecule has 5 heteroatoms. The van der Waals surface area contributed by atoms with E-state index in [1.165, 1.54) is 12.2 Å². The lowest BCUT2D eigenvalue weighted by Gasteiger charge is -2.25. The van der Waals surface area contributed by atoms with E-state index in [-0.39, 0.29) is 11.3 Å². The molecule has 0 saturated carbocycles. The van der Waals surface area contributed by atoms with E-state index in [1.807, 2.05) is 6.07 Å². The molecule has 1 N–H and O–H groups in total. The highest BCUT2D eigenvalue weighted by Crippen LogP contribution is 2.37. The monoisotopic (exact) mass is 268 g/mol. The molecule has 18 heavy (non-hydrogen) atoms. The van der Waals surface area contributed by atoms with Crippen LogP contribution in [0.1, 0.15) is 17.5 Å². The number of rotatable bonds is 2. The normalized spacial score (nSPS) is 23.8. The molecule has 0 aromatic heterocycles. The van der Waals surface area contributed by atoms with Crippen LogP contribution in [0, 0.1) is 6.92 Å². The van der Waals surface area contributed by atoms with Crippen LogP contribution in [0.2, 0.25) is 0 Å². The van der Waals surface area contributed by atoms with Crippen molar-refractivity contribution in [3.63, 3.8) is 0 Å². The molecule has 1 atom stereocenters. The summed E-state index contributed by atoms with van der Waals surface area (Å²) in [7, 11) is -4.26. The number of benzene rings is 1. The van der Waals surface area contributed by atoms with Crippen molar-refractivity contribution >= 4 is 10.1 Å². The highest BCUT2D eigenvalue weighted by molar-refractivity contribution is 7.90. The first kappa shape index (κ1) is 13.0. The third kappa shape index (κ3) is 2.37. The van der Waals surface area contributed by atoms with Crippen molar-refractivity contribution in [3.05, 3.63) is 58.5 Å². The Kier molecular flexibility index (Phi) is 3.12. The second-order valence-corrected chi connectivity index (χ2v) is 5.72. The third-order valence-corrected chi connectivity index (χ3v) is 3.90. The largest absolute Gasteiger partial charge is 0.294 e. The van der Waals surface area contributed by atoms with Crippen LogP contribution in [0.5, 0.6) is 0 Å². The predicted octanol–water partition coefficient (Wildman–Crippen LogP) is 2.89. The molecule has 0 bridgehead atoms. The van der Waals surface area contributed by atoms with E-state index in [0.29, 0.717) is 5.56 Å². The number of halogens is 1. The van der Waals surface area contributed by atoms with Gasteiger partial charge in [0.15, 0.2) is 5.67 Å². The fourth-order valence-electron chi connectivity index (χ4n) is 2.03. The molecule has 0 fully saturated rings. The molecule has 1 aromatic rings. The first-order valence-electron chi connectivity index (χ1n) is 5.45. The first-order chi connectivity index (χ1) is 8.33. The Morgan fingerprint density at radius 1 is 1.33 bits per heavy atom. The minimum atomic E-state index is -4.26. The smallest absolute Gasteiger partial charge is 0.282 e. The van der Waals surface area contributed by atoms with Gasteiger partial charge in [-0.15, -0.1) is 0 Å². The maximum absolute atomic E-state index is 14.7. The molecule has 1 aliphatic carbocycles. The first-order valence-corrected chi connectivity index (χ1v) is 6.89. The molecule has 96 valence electrons. The van der Waals surface area contributed by atoms with E-state index in [2.05, 4.69) is 0 Å². The van der Waals surface area contributed by atoms with Crippen LogP contribution in [0.3, 0.4) is 0 Å². The van der Waals surface area contributed by atoms with Crippen molar-refractivity contribution in [1.82, 2.24) is 0 Å². The average molecular weight is 268 g/mol. The van der Waals surface area contributed by atoms with Gasteiger partial charge in [0.2, 0.25) is 0 Å². The highest BCUT2D eigenvalue weighted by Gasteiger charge is 2.32. The van der Waals surface area contributed by atoms with Crippen LogP contribution in [-0.4, -0.2) is 13.0 Å². The van der Waals surface area contributed by atoms with E-state index in [1.54, 1.807) is 25.1 Å². The minimum absolute atomic E-state index is 0.108. The zero-order valence-corrected chi connectivity index (χ0v) is 10.6. The van der Waals surface area contributed by atoms with Crippen molar-refractivity contribution < 1.29 is 17.4 Å². The Morgan fingerprint density at radius 3 is 2.50 bits per heavy atom. The van der Waals surface area contributed by atoms with Crippen LogP contribution < -0.4 is 0 Å². The van der Waals surface area contributed by atoms with Gasteiger partial charge in [0.1, 0.15) is 0 Å². The van der Waals surface area contributed by atoms with Gasteiger partial charge in [-0.05, 0) is 30.2 Å². The second-order valence-electron chi connectivity index (χ2n) is 4.30. The van der Waals surface area contributed by atoms with E-state index in [0.717, 1.165) is 11.6 Å². The second kappa shape index (κ2) is 4.33. The average Bonchev–Trinajstić information content (AvgIpc) is 2.28. The lowest BCUT2D eigenvalue weighted by atomic mass is 9.86. The van der Waals surface area contributed by atoms with Crippen molar-refractivity contribution in [2.24, 2.45) is 0 Å². The van der Waals surface area contributed by atoms with Gasteiger partial charge in [0.05, 0.1) is 4.91 Å². The van der Waals surface area contributed by atoms with E-state index >= 15 is 0 Å². The summed E-state index contributed by atoms with van der Waals surface area (Å²) in [5.74, 6) is 0. The molecule has 0 saturated heterocycles. The molecule has 1 aliphatic rings. The number of aryl methyl sites for hydroxylation is 1. The van der Waals surface area contributed by atoms with Crippen LogP contribution in [0.4, 0.5) is 4.39 Å². The van der Waals surface area contributed by atoms with Gasteiger partial charge < -0.3 is 0 Å². The lowest BCUT2D eigenvalue weighted by Crippen LogP contribution is -2.21. The van der Waals surface area contributed by atoms with Crippen LogP contribution in [0.25, 0.3) is 0 Å². The molecule has 0 radical (unpaired) electrons. The summed E-state index contributed by atoms with van der Waals surface area (Å²) in [5.41, 5.74) is -0.417. The zero-order chi connectivity index (χ0) is 13.4. The zero-order valence-electron chi connectivity index (χ0n) is 9.80. The highest BCUT2D eigenvalue weighted by atomic mass is 32.2.